The predicted molar refractivity (Wildman–Crippen MR) is 73.8 cm³/mol. The molecule has 2 aromatic rings. The number of hydrogen-bond acceptors (Lipinski definition) is 3. The summed E-state index contributed by atoms with van der Waals surface area (Å²) in [6.07, 6.45) is 0.715. The molecule has 6 heteroatoms. The van der Waals surface area contributed by atoms with Crippen LogP contribution in [0.2, 0.25) is 0 Å². The Hall–Kier alpha value is -1.19. The number of anilines is 1. The van der Waals surface area contributed by atoms with Gasteiger partial charge in [-0.25, -0.2) is 0 Å². The number of benzene rings is 2. The summed E-state index contributed by atoms with van der Waals surface area (Å²) in [7, 11) is -3.67. The molecule has 0 atom stereocenters. The standard InChI is InChI=1S/C12H11N.CH4O3S.Pd/c13-12-9-5-4-8-11(12)10-6-2-1-3-7-10;1-5(2,3)4;/h1-9H,13H2;1H3,(H,2,3,4);. The quantitative estimate of drug-likeness (QED) is 0.458. The molecule has 0 radical (unpaired) electrons. The fourth-order valence-electron chi connectivity index (χ4n) is 1.38. The summed E-state index contributed by atoms with van der Waals surface area (Å²) in [6.45, 7) is 0. The summed E-state index contributed by atoms with van der Waals surface area (Å²) in [6, 6.07) is 18.1. The molecule has 106 valence electrons. The Morgan fingerprint density at radius 3 is 1.84 bits per heavy atom. The molecular weight excluding hydrogens is 357 g/mol. The van der Waals surface area contributed by atoms with E-state index in [0.717, 1.165) is 11.3 Å². The fourth-order valence-corrected chi connectivity index (χ4v) is 1.38. The zero-order valence-corrected chi connectivity index (χ0v) is 12.6. The molecule has 19 heavy (non-hydrogen) atoms. The van der Waals surface area contributed by atoms with E-state index >= 15 is 0 Å². The van der Waals surface area contributed by atoms with Gasteiger partial charge in [0, 0.05) is 31.7 Å². The maximum atomic E-state index is 9.19. The van der Waals surface area contributed by atoms with Gasteiger partial charge < -0.3 is 5.73 Å². The van der Waals surface area contributed by atoms with E-state index in [0.29, 0.717) is 6.26 Å². The zero-order chi connectivity index (χ0) is 13.6. The average molecular weight is 372 g/mol. The van der Waals surface area contributed by atoms with Gasteiger partial charge in [-0.2, -0.15) is 8.42 Å². The molecule has 0 aliphatic rings. The molecular formula is C13H15NO3PdS. The van der Waals surface area contributed by atoms with E-state index < -0.39 is 10.1 Å². The minimum absolute atomic E-state index is 0. The molecule has 0 saturated carbocycles. The second kappa shape index (κ2) is 8.08. The number of nitrogens with two attached hydrogens (primary N) is 1. The SMILES string of the molecule is CS(=O)(=O)O.Nc1ccccc1-c1ccccc1.[Pd]. The van der Waals surface area contributed by atoms with Gasteiger partial charge in [-0.3, -0.25) is 4.55 Å². The molecule has 0 saturated heterocycles. The number of nitrogen functional groups attached to an aromatic ring is 1. The summed E-state index contributed by atoms with van der Waals surface area (Å²) < 4.78 is 25.9. The van der Waals surface area contributed by atoms with Crippen LogP contribution < -0.4 is 5.73 Å². The Morgan fingerprint density at radius 1 is 0.947 bits per heavy atom. The Bertz CT molecular complexity index is 592. The first-order valence-corrected chi connectivity index (χ1v) is 7.05. The Balaban J connectivity index is 0.000000471. The van der Waals surface area contributed by atoms with Gasteiger partial charge in [0.1, 0.15) is 0 Å². The number of rotatable bonds is 1. The minimum Gasteiger partial charge on any atom is -0.398 e. The van der Waals surface area contributed by atoms with Crippen molar-refractivity contribution in [2.75, 3.05) is 12.0 Å². The van der Waals surface area contributed by atoms with Crippen LogP contribution in [-0.4, -0.2) is 19.2 Å². The van der Waals surface area contributed by atoms with E-state index in [4.69, 9.17) is 10.3 Å². The van der Waals surface area contributed by atoms with Gasteiger partial charge in [-0.05, 0) is 11.6 Å². The van der Waals surface area contributed by atoms with E-state index in [2.05, 4.69) is 12.1 Å². The fraction of sp³-hybridized carbons (Fsp3) is 0.0769. The largest absolute Gasteiger partial charge is 0.398 e. The smallest absolute Gasteiger partial charge is 0.261 e. The van der Waals surface area contributed by atoms with Gasteiger partial charge in [0.05, 0.1) is 6.26 Å². The third-order valence-corrected chi connectivity index (χ3v) is 2.05. The summed E-state index contributed by atoms with van der Waals surface area (Å²) in [5.74, 6) is 0. The van der Waals surface area contributed by atoms with Crippen molar-refractivity contribution in [3.63, 3.8) is 0 Å². The normalized spacial score (nSPS) is 9.79. The third kappa shape index (κ3) is 7.75. The predicted octanol–water partition coefficient (Wildman–Crippen LogP) is 2.44. The topological polar surface area (TPSA) is 80.4 Å². The van der Waals surface area contributed by atoms with E-state index in [1.54, 1.807) is 0 Å². The van der Waals surface area contributed by atoms with E-state index in [1.807, 2.05) is 42.5 Å². The van der Waals surface area contributed by atoms with Gasteiger partial charge in [0.2, 0.25) is 0 Å². The average Bonchev–Trinajstić information content (AvgIpc) is 2.29. The molecule has 0 bridgehead atoms. The van der Waals surface area contributed by atoms with Crippen LogP contribution in [0.5, 0.6) is 0 Å². The van der Waals surface area contributed by atoms with Gasteiger partial charge >= 0.3 is 0 Å². The first kappa shape index (κ1) is 17.8. The number of hydrogen-bond donors (Lipinski definition) is 2. The Kier molecular flexibility index (Phi) is 7.57. The molecule has 0 amide bonds. The van der Waals surface area contributed by atoms with Crippen molar-refractivity contribution < 1.29 is 33.4 Å². The van der Waals surface area contributed by atoms with Gasteiger partial charge in [-0.15, -0.1) is 0 Å². The summed E-state index contributed by atoms with van der Waals surface area (Å²) >= 11 is 0. The molecule has 0 aliphatic carbocycles. The van der Waals surface area contributed by atoms with Crippen molar-refractivity contribution in [1.82, 2.24) is 0 Å². The van der Waals surface area contributed by atoms with Crippen LogP contribution in [0, 0.1) is 0 Å². The van der Waals surface area contributed by atoms with Crippen molar-refractivity contribution in [3.8, 4) is 11.1 Å². The van der Waals surface area contributed by atoms with Crippen molar-refractivity contribution in [3.05, 3.63) is 54.6 Å². The molecule has 0 aromatic heterocycles. The molecule has 0 aliphatic heterocycles. The number of para-hydroxylation sites is 1. The van der Waals surface area contributed by atoms with Crippen molar-refractivity contribution in [1.29, 1.82) is 0 Å². The van der Waals surface area contributed by atoms with Crippen LogP contribution in [0.4, 0.5) is 5.69 Å². The molecule has 2 rings (SSSR count). The van der Waals surface area contributed by atoms with Crippen LogP contribution in [0.25, 0.3) is 11.1 Å². The first-order valence-electron chi connectivity index (χ1n) is 5.20. The summed E-state index contributed by atoms with van der Waals surface area (Å²) in [5, 5.41) is 0. The van der Waals surface area contributed by atoms with Gasteiger partial charge in [-0.1, -0.05) is 48.5 Å². The molecule has 4 nitrogen and oxygen atoms in total. The van der Waals surface area contributed by atoms with Gasteiger partial charge in [0.15, 0.2) is 0 Å². The zero-order valence-electron chi connectivity index (χ0n) is 10.3. The summed E-state index contributed by atoms with van der Waals surface area (Å²) in [5.41, 5.74) is 8.95. The van der Waals surface area contributed by atoms with Crippen LogP contribution in [0.15, 0.2) is 54.6 Å². The third-order valence-electron chi connectivity index (χ3n) is 2.05. The minimum atomic E-state index is -3.67. The van der Waals surface area contributed by atoms with Gasteiger partial charge in [0.25, 0.3) is 10.1 Å². The van der Waals surface area contributed by atoms with Crippen LogP contribution >= 0.6 is 0 Å². The molecule has 3 N–H and O–H groups in total. The Labute approximate surface area is 127 Å². The van der Waals surface area contributed by atoms with Crippen molar-refractivity contribution in [2.24, 2.45) is 0 Å². The molecule has 0 spiro atoms. The monoisotopic (exact) mass is 371 g/mol. The van der Waals surface area contributed by atoms with Crippen LogP contribution in [0.3, 0.4) is 0 Å². The maximum Gasteiger partial charge on any atom is 0.261 e. The van der Waals surface area contributed by atoms with E-state index in [-0.39, 0.29) is 20.4 Å². The second-order valence-corrected chi connectivity index (χ2v) is 5.15. The maximum absolute atomic E-state index is 9.19. The van der Waals surface area contributed by atoms with Crippen LogP contribution in [0.1, 0.15) is 0 Å². The van der Waals surface area contributed by atoms with Crippen molar-refractivity contribution >= 4 is 15.8 Å². The molecule has 0 heterocycles. The summed E-state index contributed by atoms with van der Waals surface area (Å²) in [4.78, 5) is 0. The molecule has 0 fully saturated rings. The second-order valence-electron chi connectivity index (χ2n) is 3.69. The van der Waals surface area contributed by atoms with Crippen LogP contribution in [-0.2, 0) is 30.5 Å². The van der Waals surface area contributed by atoms with Crippen molar-refractivity contribution in [2.45, 2.75) is 0 Å². The van der Waals surface area contributed by atoms with E-state index in [9.17, 15) is 8.42 Å². The molecule has 2 aromatic carbocycles. The first-order chi connectivity index (χ1) is 8.38. The molecule has 0 unspecified atom stereocenters. The Morgan fingerprint density at radius 2 is 1.37 bits per heavy atom. The van der Waals surface area contributed by atoms with E-state index in [1.165, 1.54) is 5.56 Å².